The van der Waals surface area contributed by atoms with Crippen LogP contribution in [0.3, 0.4) is 0 Å². The van der Waals surface area contributed by atoms with Crippen LogP contribution in [0.2, 0.25) is 0 Å². The molecule has 0 fully saturated rings. The van der Waals surface area contributed by atoms with Gasteiger partial charge in [-0.2, -0.15) is 0 Å². The highest BCUT2D eigenvalue weighted by Crippen LogP contribution is 2.34. The van der Waals surface area contributed by atoms with Crippen molar-refractivity contribution in [1.29, 1.82) is 0 Å². The van der Waals surface area contributed by atoms with E-state index in [0.717, 1.165) is 5.57 Å². The molecular formula is C11H16O3. The summed E-state index contributed by atoms with van der Waals surface area (Å²) in [6.07, 6.45) is 3.71. The van der Waals surface area contributed by atoms with Crippen LogP contribution in [0.15, 0.2) is 23.3 Å². The number of aliphatic carboxylic acids is 1. The molecule has 3 heteroatoms. The van der Waals surface area contributed by atoms with E-state index in [1.807, 2.05) is 13.8 Å². The van der Waals surface area contributed by atoms with Crippen molar-refractivity contribution in [3.05, 3.63) is 23.3 Å². The Hall–Kier alpha value is -1.09. The molecule has 0 radical (unpaired) electrons. The van der Waals surface area contributed by atoms with Gasteiger partial charge in [-0.3, -0.25) is 0 Å². The lowest BCUT2D eigenvalue weighted by molar-refractivity contribution is -0.132. The van der Waals surface area contributed by atoms with Crippen molar-refractivity contribution in [2.45, 2.75) is 32.8 Å². The minimum Gasteiger partial charge on any atom is -0.478 e. The Kier molecular flexibility index (Phi) is 2.81. The zero-order valence-electron chi connectivity index (χ0n) is 8.74. The molecule has 0 aromatic rings. The van der Waals surface area contributed by atoms with Gasteiger partial charge in [0.2, 0.25) is 0 Å². The van der Waals surface area contributed by atoms with Crippen LogP contribution in [0.1, 0.15) is 27.2 Å². The minimum atomic E-state index is -0.926. The van der Waals surface area contributed by atoms with Crippen LogP contribution in [-0.2, 0) is 4.79 Å². The second kappa shape index (κ2) is 3.58. The molecule has 0 aliphatic heterocycles. The van der Waals surface area contributed by atoms with Crippen LogP contribution >= 0.6 is 0 Å². The van der Waals surface area contributed by atoms with Crippen LogP contribution in [0.4, 0.5) is 0 Å². The van der Waals surface area contributed by atoms with Gasteiger partial charge in [-0.05, 0) is 25.0 Å². The van der Waals surface area contributed by atoms with Gasteiger partial charge >= 0.3 is 5.97 Å². The summed E-state index contributed by atoms with van der Waals surface area (Å²) in [5, 5.41) is 18.9. The van der Waals surface area contributed by atoms with E-state index in [1.165, 1.54) is 6.08 Å². The highest BCUT2D eigenvalue weighted by molar-refractivity contribution is 5.91. The third kappa shape index (κ3) is 1.73. The molecule has 0 aromatic carbocycles. The largest absolute Gasteiger partial charge is 0.478 e. The van der Waals surface area contributed by atoms with Crippen LogP contribution in [0, 0.1) is 5.92 Å². The van der Waals surface area contributed by atoms with Gasteiger partial charge in [-0.15, -0.1) is 0 Å². The van der Waals surface area contributed by atoms with Crippen LogP contribution in [-0.4, -0.2) is 21.8 Å². The van der Waals surface area contributed by atoms with Crippen LogP contribution in [0.5, 0.6) is 0 Å². The van der Waals surface area contributed by atoms with E-state index in [4.69, 9.17) is 5.11 Å². The number of hydrogen-bond acceptors (Lipinski definition) is 2. The third-order valence-electron chi connectivity index (χ3n) is 2.94. The maximum absolute atomic E-state index is 10.9. The van der Waals surface area contributed by atoms with E-state index in [2.05, 4.69) is 0 Å². The van der Waals surface area contributed by atoms with Gasteiger partial charge in [0, 0.05) is 5.92 Å². The van der Waals surface area contributed by atoms with Crippen molar-refractivity contribution in [3.63, 3.8) is 0 Å². The molecule has 3 nitrogen and oxygen atoms in total. The molecular weight excluding hydrogens is 180 g/mol. The second-order valence-corrected chi connectivity index (χ2v) is 3.88. The average molecular weight is 196 g/mol. The standard InChI is InChI=1S/C11H16O3/c1-4-8-7(2)11(3,14)6-5-9(8)10(12)13/h5-7,14H,4H2,1-3H3,(H,12,13). The highest BCUT2D eigenvalue weighted by Gasteiger charge is 2.33. The zero-order chi connectivity index (χ0) is 10.9. The molecule has 2 atom stereocenters. The molecule has 14 heavy (non-hydrogen) atoms. The first-order valence-electron chi connectivity index (χ1n) is 4.78. The Morgan fingerprint density at radius 1 is 1.64 bits per heavy atom. The summed E-state index contributed by atoms with van der Waals surface area (Å²) in [6, 6.07) is 0. The quantitative estimate of drug-likeness (QED) is 0.707. The van der Waals surface area contributed by atoms with E-state index in [0.29, 0.717) is 12.0 Å². The maximum atomic E-state index is 10.9. The summed E-state index contributed by atoms with van der Waals surface area (Å²) in [5.41, 5.74) is 0.209. The molecule has 2 unspecified atom stereocenters. The van der Waals surface area contributed by atoms with Gasteiger partial charge in [0.1, 0.15) is 0 Å². The molecule has 78 valence electrons. The summed E-state index contributed by atoms with van der Waals surface area (Å²) in [4.78, 5) is 10.9. The van der Waals surface area contributed by atoms with Crippen LogP contribution in [0.25, 0.3) is 0 Å². The molecule has 1 aliphatic carbocycles. The summed E-state index contributed by atoms with van der Waals surface area (Å²) < 4.78 is 0. The Balaban J connectivity index is 3.17. The van der Waals surface area contributed by atoms with E-state index in [9.17, 15) is 9.90 Å². The van der Waals surface area contributed by atoms with E-state index in [1.54, 1.807) is 13.0 Å². The van der Waals surface area contributed by atoms with Gasteiger partial charge in [-0.25, -0.2) is 4.79 Å². The van der Waals surface area contributed by atoms with Gasteiger partial charge < -0.3 is 10.2 Å². The molecule has 1 aliphatic rings. The highest BCUT2D eigenvalue weighted by atomic mass is 16.4. The third-order valence-corrected chi connectivity index (χ3v) is 2.94. The van der Waals surface area contributed by atoms with Crippen molar-refractivity contribution in [2.75, 3.05) is 0 Å². The number of aliphatic hydroxyl groups is 1. The summed E-state index contributed by atoms with van der Waals surface area (Å²) in [6.45, 7) is 5.46. The average Bonchev–Trinajstić information content (AvgIpc) is 2.09. The molecule has 0 amide bonds. The number of carboxylic acids is 1. The minimum absolute atomic E-state index is 0.136. The molecule has 0 bridgehead atoms. The molecule has 1 rings (SSSR count). The Morgan fingerprint density at radius 3 is 2.64 bits per heavy atom. The molecule has 0 aromatic heterocycles. The lowest BCUT2D eigenvalue weighted by Crippen LogP contribution is -2.35. The Bertz CT molecular complexity index is 310. The fraction of sp³-hybridized carbons (Fsp3) is 0.545. The number of carbonyl (C=O) groups is 1. The molecule has 0 heterocycles. The SMILES string of the molecule is CCC1=C(C(=O)O)C=CC(C)(O)C1C. The monoisotopic (exact) mass is 196 g/mol. The lowest BCUT2D eigenvalue weighted by Gasteiger charge is -2.33. The number of carboxylic acid groups (broad SMARTS) is 1. The van der Waals surface area contributed by atoms with E-state index < -0.39 is 11.6 Å². The van der Waals surface area contributed by atoms with Gasteiger partial charge in [0.05, 0.1) is 11.2 Å². The molecule has 0 spiro atoms. The van der Waals surface area contributed by atoms with Gasteiger partial charge in [-0.1, -0.05) is 19.9 Å². The van der Waals surface area contributed by atoms with Gasteiger partial charge in [0.15, 0.2) is 0 Å². The normalized spacial score (nSPS) is 32.1. The summed E-state index contributed by atoms with van der Waals surface area (Å²) in [7, 11) is 0. The first-order chi connectivity index (χ1) is 6.40. The first kappa shape index (κ1) is 11.0. The Morgan fingerprint density at radius 2 is 2.21 bits per heavy atom. The lowest BCUT2D eigenvalue weighted by atomic mass is 9.77. The van der Waals surface area contributed by atoms with Crippen molar-refractivity contribution in [2.24, 2.45) is 5.92 Å². The predicted octanol–water partition coefficient (Wildman–Crippen LogP) is 1.73. The van der Waals surface area contributed by atoms with E-state index >= 15 is 0 Å². The second-order valence-electron chi connectivity index (χ2n) is 3.88. The molecule has 2 N–H and O–H groups in total. The van der Waals surface area contributed by atoms with Crippen molar-refractivity contribution in [1.82, 2.24) is 0 Å². The predicted molar refractivity (Wildman–Crippen MR) is 53.9 cm³/mol. The molecule has 0 saturated heterocycles. The Labute approximate surface area is 83.8 Å². The fourth-order valence-corrected chi connectivity index (χ4v) is 1.79. The summed E-state index contributed by atoms with van der Waals surface area (Å²) in [5.74, 6) is -1.05. The van der Waals surface area contributed by atoms with Crippen molar-refractivity contribution in [3.8, 4) is 0 Å². The van der Waals surface area contributed by atoms with Crippen molar-refractivity contribution < 1.29 is 15.0 Å². The zero-order valence-corrected chi connectivity index (χ0v) is 8.74. The van der Waals surface area contributed by atoms with Crippen LogP contribution < -0.4 is 0 Å². The number of rotatable bonds is 2. The maximum Gasteiger partial charge on any atom is 0.335 e. The molecule has 0 saturated carbocycles. The summed E-state index contributed by atoms with van der Waals surface area (Å²) >= 11 is 0. The smallest absolute Gasteiger partial charge is 0.335 e. The fourth-order valence-electron chi connectivity index (χ4n) is 1.79. The van der Waals surface area contributed by atoms with Gasteiger partial charge in [0.25, 0.3) is 0 Å². The number of hydrogen-bond donors (Lipinski definition) is 2. The topological polar surface area (TPSA) is 57.5 Å². The van der Waals surface area contributed by atoms with E-state index in [-0.39, 0.29) is 5.92 Å². The first-order valence-corrected chi connectivity index (χ1v) is 4.78. The van der Waals surface area contributed by atoms with Crippen molar-refractivity contribution >= 4 is 5.97 Å².